The summed E-state index contributed by atoms with van der Waals surface area (Å²) < 4.78 is 0. The molecule has 0 saturated carbocycles. The maximum Gasteiger partial charge on any atom is 0.317 e. The number of nitrogens with zero attached hydrogens (tertiary/aromatic N) is 2. The molecule has 0 aromatic rings. The van der Waals surface area contributed by atoms with Crippen molar-refractivity contribution < 1.29 is 4.79 Å². The first-order valence-corrected chi connectivity index (χ1v) is 7.17. The molecule has 106 valence electrons. The summed E-state index contributed by atoms with van der Waals surface area (Å²) >= 11 is 0. The van der Waals surface area contributed by atoms with Crippen LogP contribution >= 0.6 is 0 Å². The van der Waals surface area contributed by atoms with Gasteiger partial charge in [-0.15, -0.1) is 0 Å². The first-order valence-electron chi connectivity index (χ1n) is 7.17. The van der Waals surface area contributed by atoms with Crippen LogP contribution in [0.25, 0.3) is 0 Å². The van der Waals surface area contributed by atoms with Gasteiger partial charge in [0.05, 0.1) is 0 Å². The van der Waals surface area contributed by atoms with Crippen molar-refractivity contribution in [2.24, 2.45) is 5.41 Å². The van der Waals surface area contributed by atoms with Crippen LogP contribution in [0.1, 0.15) is 40.5 Å². The molecule has 2 amide bonds. The molecule has 1 heterocycles. The zero-order valence-electron chi connectivity index (χ0n) is 12.5. The molecule has 0 spiro atoms. The quantitative estimate of drug-likeness (QED) is 0.835. The van der Waals surface area contributed by atoms with Crippen LogP contribution in [0.3, 0.4) is 0 Å². The van der Waals surface area contributed by atoms with Gasteiger partial charge in [0, 0.05) is 32.7 Å². The highest BCUT2D eigenvalue weighted by atomic mass is 16.2. The third kappa shape index (κ3) is 5.71. The van der Waals surface area contributed by atoms with E-state index in [0.29, 0.717) is 0 Å². The zero-order valence-corrected chi connectivity index (χ0v) is 12.5. The third-order valence-electron chi connectivity index (χ3n) is 3.35. The Hall–Kier alpha value is -0.770. The normalized spacial score (nSPS) is 17.9. The zero-order chi connectivity index (χ0) is 13.6. The fourth-order valence-electron chi connectivity index (χ4n) is 2.15. The van der Waals surface area contributed by atoms with Crippen LogP contribution in [-0.4, -0.2) is 55.1 Å². The monoisotopic (exact) mass is 255 g/mol. The van der Waals surface area contributed by atoms with Crippen LogP contribution in [0.5, 0.6) is 0 Å². The topological polar surface area (TPSA) is 35.6 Å². The maximum absolute atomic E-state index is 11.9. The van der Waals surface area contributed by atoms with Crippen molar-refractivity contribution in [3.8, 4) is 0 Å². The highest BCUT2D eigenvalue weighted by Gasteiger charge is 2.20. The Labute approximate surface area is 112 Å². The summed E-state index contributed by atoms with van der Waals surface area (Å²) in [7, 11) is 0. The molecule has 0 unspecified atom stereocenters. The van der Waals surface area contributed by atoms with Crippen molar-refractivity contribution in [2.75, 3.05) is 39.3 Å². The lowest BCUT2D eigenvalue weighted by Crippen LogP contribution is -2.52. The van der Waals surface area contributed by atoms with Crippen molar-refractivity contribution in [1.29, 1.82) is 0 Å². The molecule has 1 rings (SSSR count). The Balaban J connectivity index is 2.20. The van der Waals surface area contributed by atoms with Crippen molar-refractivity contribution in [3.05, 3.63) is 0 Å². The smallest absolute Gasteiger partial charge is 0.317 e. The summed E-state index contributed by atoms with van der Waals surface area (Å²) in [6, 6.07) is 0.107. The Morgan fingerprint density at radius 2 is 1.78 bits per heavy atom. The molecule has 1 fully saturated rings. The number of hydrogen-bond acceptors (Lipinski definition) is 2. The van der Waals surface area contributed by atoms with Gasteiger partial charge < -0.3 is 10.2 Å². The molecule has 1 saturated heterocycles. The van der Waals surface area contributed by atoms with E-state index in [1.165, 1.54) is 6.42 Å². The number of carbonyl (C=O) groups is 1. The molecule has 0 radical (unpaired) electrons. The summed E-state index contributed by atoms with van der Waals surface area (Å²) in [5.41, 5.74) is 0.285. The van der Waals surface area contributed by atoms with Crippen LogP contribution in [0.2, 0.25) is 0 Å². The number of nitrogens with one attached hydrogen (secondary N) is 1. The van der Waals surface area contributed by atoms with Gasteiger partial charge in [-0.3, -0.25) is 4.90 Å². The van der Waals surface area contributed by atoms with E-state index in [2.05, 4.69) is 37.9 Å². The first kappa shape index (κ1) is 15.3. The largest absolute Gasteiger partial charge is 0.338 e. The summed E-state index contributed by atoms with van der Waals surface area (Å²) in [6.07, 6.45) is 2.21. The van der Waals surface area contributed by atoms with Gasteiger partial charge in [0.1, 0.15) is 0 Å². The van der Waals surface area contributed by atoms with E-state index in [4.69, 9.17) is 0 Å². The SMILES string of the molecule is CCCN1CCN(C(=O)NCCC(C)(C)C)CC1. The number of carbonyl (C=O) groups excluding carboxylic acids is 1. The van der Waals surface area contributed by atoms with Gasteiger partial charge in [-0.05, 0) is 24.8 Å². The molecular formula is C14H29N3O. The van der Waals surface area contributed by atoms with E-state index in [-0.39, 0.29) is 11.4 Å². The Morgan fingerprint density at radius 3 is 2.28 bits per heavy atom. The average molecular weight is 255 g/mol. The van der Waals surface area contributed by atoms with Crippen LogP contribution in [0.4, 0.5) is 4.79 Å². The van der Waals surface area contributed by atoms with E-state index in [0.717, 1.165) is 45.7 Å². The van der Waals surface area contributed by atoms with Crippen molar-refractivity contribution in [1.82, 2.24) is 15.1 Å². The third-order valence-corrected chi connectivity index (χ3v) is 3.35. The van der Waals surface area contributed by atoms with Crippen molar-refractivity contribution in [2.45, 2.75) is 40.5 Å². The summed E-state index contributed by atoms with van der Waals surface area (Å²) in [5.74, 6) is 0. The van der Waals surface area contributed by atoms with E-state index in [1.54, 1.807) is 0 Å². The van der Waals surface area contributed by atoms with Gasteiger partial charge in [-0.2, -0.15) is 0 Å². The molecule has 4 heteroatoms. The molecule has 1 aliphatic rings. The number of rotatable bonds is 4. The summed E-state index contributed by atoms with van der Waals surface area (Å²) in [6.45, 7) is 14.5. The lowest BCUT2D eigenvalue weighted by molar-refractivity contribution is 0.139. The van der Waals surface area contributed by atoms with Gasteiger partial charge in [0.15, 0.2) is 0 Å². The van der Waals surface area contributed by atoms with Gasteiger partial charge in [-0.25, -0.2) is 4.79 Å². The van der Waals surface area contributed by atoms with Crippen molar-refractivity contribution in [3.63, 3.8) is 0 Å². The van der Waals surface area contributed by atoms with Crippen LogP contribution in [0.15, 0.2) is 0 Å². The molecule has 0 atom stereocenters. The fraction of sp³-hybridized carbons (Fsp3) is 0.929. The Bertz CT molecular complexity index is 252. The molecule has 4 nitrogen and oxygen atoms in total. The highest BCUT2D eigenvalue weighted by Crippen LogP contribution is 2.17. The molecule has 0 bridgehead atoms. The second-order valence-corrected chi connectivity index (χ2v) is 6.37. The number of piperazine rings is 1. The van der Waals surface area contributed by atoms with Crippen LogP contribution < -0.4 is 5.32 Å². The van der Waals surface area contributed by atoms with E-state index in [9.17, 15) is 4.79 Å². The molecule has 0 aromatic heterocycles. The lowest BCUT2D eigenvalue weighted by atomic mass is 9.92. The highest BCUT2D eigenvalue weighted by molar-refractivity contribution is 5.74. The van der Waals surface area contributed by atoms with Crippen molar-refractivity contribution >= 4 is 6.03 Å². The van der Waals surface area contributed by atoms with E-state index < -0.39 is 0 Å². The van der Waals surface area contributed by atoms with E-state index >= 15 is 0 Å². The second-order valence-electron chi connectivity index (χ2n) is 6.37. The maximum atomic E-state index is 11.9. The van der Waals surface area contributed by atoms with Gasteiger partial charge in [0.25, 0.3) is 0 Å². The number of amides is 2. The van der Waals surface area contributed by atoms with Crippen LogP contribution in [0, 0.1) is 5.41 Å². The predicted molar refractivity (Wildman–Crippen MR) is 75.8 cm³/mol. The minimum atomic E-state index is 0.107. The molecule has 18 heavy (non-hydrogen) atoms. The molecule has 1 N–H and O–H groups in total. The fourth-order valence-corrected chi connectivity index (χ4v) is 2.15. The Morgan fingerprint density at radius 1 is 1.17 bits per heavy atom. The first-order chi connectivity index (χ1) is 8.42. The summed E-state index contributed by atoms with van der Waals surface area (Å²) in [5, 5.41) is 3.02. The minimum Gasteiger partial charge on any atom is -0.338 e. The van der Waals surface area contributed by atoms with Gasteiger partial charge >= 0.3 is 6.03 Å². The average Bonchev–Trinajstić information content (AvgIpc) is 2.28. The van der Waals surface area contributed by atoms with Gasteiger partial charge in [-0.1, -0.05) is 27.7 Å². The van der Waals surface area contributed by atoms with Gasteiger partial charge in [0.2, 0.25) is 0 Å². The lowest BCUT2D eigenvalue weighted by Gasteiger charge is -2.34. The Kier molecular flexibility index (Phi) is 5.93. The van der Waals surface area contributed by atoms with E-state index in [1.807, 2.05) is 4.90 Å². The second kappa shape index (κ2) is 6.98. The predicted octanol–water partition coefficient (Wildman–Crippen LogP) is 2.16. The molecule has 0 aliphatic carbocycles. The minimum absolute atomic E-state index is 0.107. The van der Waals surface area contributed by atoms with Crippen LogP contribution in [-0.2, 0) is 0 Å². The molecule has 0 aromatic carbocycles. The number of hydrogen-bond donors (Lipinski definition) is 1. The molecular weight excluding hydrogens is 226 g/mol. The molecule has 1 aliphatic heterocycles. The summed E-state index contributed by atoms with van der Waals surface area (Å²) in [4.78, 5) is 16.3. The standard InChI is InChI=1S/C14H29N3O/c1-5-8-16-9-11-17(12-10-16)13(18)15-7-6-14(2,3)4/h5-12H2,1-4H3,(H,15,18). The number of urea groups is 1.